The number of halogens is 3. The minimum atomic E-state index is -4.46. The first kappa shape index (κ1) is 13.3. The van der Waals surface area contributed by atoms with Gasteiger partial charge in [-0.05, 0) is 6.07 Å². The van der Waals surface area contributed by atoms with Crippen molar-refractivity contribution in [2.75, 3.05) is 5.73 Å². The van der Waals surface area contributed by atoms with Crippen LogP contribution in [-0.2, 0) is 13.2 Å². The molecule has 3 rings (SSSR count). The molecule has 9 heteroatoms. The Balaban J connectivity index is 2.22. The summed E-state index contributed by atoms with van der Waals surface area (Å²) in [4.78, 5) is 11.5. The molecule has 3 heterocycles. The van der Waals surface area contributed by atoms with Gasteiger partial charge >= 0.3 is 6.18 Å². The molecule has 0 unspecified atom stereocenters. The van der Waals surface area contributed by atoms with Crippen LogP contribution in [0.2, 0.25) is 0 Å². The fraction of sp³-hybridized carbons (Fsp3) is 0.167. The SMILES string of the molecule is Cn1nc(-c2cncc(C(F)(F)F)c2)c2cnc(N)nc21. The molecule has 3 aromatic heterocycles. The fourth-order valence-electron chi connectivity index (χ4n) is 1.99. The summed E-state index contributed by atoms with van der Waals surface area (Å²) in [7, 11) is 1.62. The van der Waals surface area contributed by atoms with E-state index in [1.165, 1.54) is 17.1 Å². The number of alkyl halides is 3. The minimum absolute atomic E-state index is 0.0687. The molecule has 108 valence electrons. The summed E-state index contributed by atoms with van der Waals surface area (Å²) in [5, 5.41) is 4.68. The Bertz CT molecular complexity index is 823. The maximum absolute atomic E-state index is 12.7. The number of anilines is 1. The number of hydrogen-bond acceptors (Lipinski definition) is 5. The van der Waals surface area contributed by atoms with Crippen molar-refractivity contribution in [3.63, 3.8) is 0 Å². The van der Waals surface area contributed by atoms with E-state index in [0.29, 0.717) is 16.7 Å². The molecule has 0 amide bonds. The van der Waals surface area contributed by atoms with Crippen molar-refractivity contribution < 1.29 is 13.2 Å². The predicted molar refractivity (Wildman–Crippen MR) is 68.9 cm³/mol. The molecule has 0 aliphatic heterocycles. The van der Waals surface area contributed by atoms with Crippen LogP contribution >= 0.6 is 0 Å². The van der Waals surface area contributed by atoms with Gasteiger partial charge in [-0.2, -0.15) is 23.3 Å². The third-order valence-corrected chi connectivity index (χ3v) is 2.94. The molecule has 0 atom stereocenters. The summed E-state index contributed by atoms with van der Waals surface area (Å²) in [6.45, 7) is 0. The Morgan fingerprint density at radius 2 is 1.95 bits per heavy atom. The zero-order valence-corrected chi connectivity index (χ0v) is 10.8. The largest absolute Gasteiger partial charge is 0.417 e. The second kappa shape index (κ2) is 4.40. The molecule has 0 bridgehead atoms. The van der Waals surface area contributed by atoms with E-state index in [1.54, 1.807) is 7.05 Å². The molecule has 0 aliphatic rings. The van der Waals surface area contributed by atoms with E-state index in [2.05, 4.69) is 20.1 Å². The van der Waals surface area contributed by atoms with Crippen molar-refractivity contribution >= 4 is 17.0 Å². The zero-order valence-electron chi connectivity index (χ0n) is 10.8. The maximum Gasteiger partial charge on any atom is 0.417 e. The highest BCUT2D eigenvalue weighted by molar-refractivity contribution is 5.90. The Morgan fingerprint density at radius 1 is 1.19 bits per heavy atom. The molecule has 3 aromatic rings. The highest BCUT2D eigenvalue weighted by Crippen LogP contribution is 2.32. The van der Waals surface area contributed by atoms with Crippen molar-refractivity contribution in [1.82, 2.24) is 24.7 Å². The molecule has 0 spiro atoms. The van der Waals surface area contributed by atoms with Crippen LogP contribution in [-0.4, -0.2) is 24.7 Å². The molecule has 0 radical (unpaired) electrons. The van der Waals surface area contributed by atoms with Gasteiger partial charge in [0.05, 0.1) is 10.9 Å². The van der Waals surface area contributed by atoms with Crippen molar-refractivity contribution in [3.8, 4) is 11.3 Å². The Kier molecular flexibility index (Phi) is 2.78. The first-order valence-electron chi connectivity index (χ1n) is 5.84. The monoisotopic (exact) mass is 294 g/mol. The van der Waals surface area contributed by atoms with Crippen LogP contribution in [0.3, 0.4) is 0 Å². The van der Waals surface area contributed by atoms with Crippen molar-refractivity contribution in [1.29, 1.82) is 0 Å². The van der Waals surface area contributed by atoms with E-state index < -0.39 is 11.7 Å². The molecule has 0 aliphatic carbocycles. The van der Waals surface area contributed by atoms with Gasteiger partial charge in [-0.15, -0.1) is 0 Å². The number of rotatable bonds is 1. The Morgan fingerprint density at radius 3 is 2.67 bits per heavy atom. The lowest BCUT2D eigenvalue weighted by Crippen LogP contribution is -2.05. The first-order chi connectivity index (χ1) is 9.86. The van der Waals surface area contributed by atoms with Crippen molar-refractivity contribution in [2.45, 2.75) is 6.18 Å². The van der Waals surface area contributed by atoms with E-state index in [4.69, 9.17) is 5.73 Å². The lowest BCUT2D eigenvalue weighted by molar-refractivity contribution is -0.137. The van der Waals surface area contributed by atoms with Crippen molar-refractivity contribution in [2.24, 2.45) is 7.05 Å². The zero-order chi connectivity index (χ0) is 15.2. The third kappa shape index (κ3) is 2.26. The first-order valence-corrected chi connectivity index (χ1v) is 5.84. The number of pyridine rings is 1. The average molecular weight is 294 g/mol. The number of nitrogens with two attached hydrogens (primary N) is 1. The maximum atomic E-state index is 12.7. The van der Waals surface area contributed by atoms with Crippen LogP contribution in [0.1, 0.15) is 5.56 Å². The Hall–Kier alpha value is -2.71. The molecule has 0 saturated carbocycles. The van der Waals surface area contributed by atoms with Crippen LogP contribution in [0, 0.1) is 0 Å². The minimum Gasteiger partial charge on any atom is -0.368 e. The van der Waals surface area contributed by atoms with Gasteiger partial charge in [-0.25, -0.2) is 9.67 Å². The molecule has 0 aromatic carbocycles. The van der Waals surface area contributed by atoms with Crippen LogP contribution in [0.15, 0.2) is 24.7 Å². The highest BCUT2D eigenvalue weighted by atomic mass is 19.4. The van der Waals surface area contributed by atoms with Gasteiger partial charge in [0.1, 0.15) is 5.69 Å². The van der Waals surface area contributed by atoms with E-state index in [0.717, 1.165) is 12.3 Å². The van der Waals surface area contributed by atoms with E-state index in [9.17, 15) is 13.2 Å². The number of fused-ring (bicyclic) bond motifs is 1. The molecule has 0 fully saturated rings. The molecule has 6 nitrogen and oxygen atoms in total. The standard InChI is InChI=1S/C12H9F3N6/c1-21-10-8(5-18-11(16)19-10)9(20-21)6-2-7(4-17-3-6)12(13,14)15/h2-5H,1H3,(H2,16,18,19). The predicted octanol–water partition coefficient (Wildman–Crippen LogP) is 2.03. The van der Waals surface area contributed by atoms with Gasteiger partial charge in [0.15, 0.2) is 5.65 Å². The third-order valence-electron chi connectivity index (χ3n) is 2.94. The average Bonchev–Trinajstić information content (AvgIpc) is 2.75. The van der Waals surface area contributed by atoms with Crippen LogP contribution in [0.4, 0.5) is 19.1 Å². The number of nitrogen functional groups attached to an aromatic ring is 1. The fourth-order valence-corrected chi connectivity index (χ4v) is 1.99. The number of aryl methyl sites for hydroxylation is 1. The molecule has 0 saturated heterocycles. The van der Waals surface area contributed by atoms with Crippen molar-refractivity contribution in [3.05, 3.63) is 30.2 Å². The summed E-state index contributed by atoms with van der Waals surface area (Å²) in [6.07, 6.45) is -0.953. The van der Waals surface area contributed by atoms with E-state index in [-0.39, 0.29) is 11.5 Å². The van der Waals surface area contributed by atoms with E-state index in [1.807, 2.05) is 0 Å². The van der Waals surface area contributed by atoms with Gasteiger partial charge in [-0.3, -0.25) is 4.98 Å². The quantitative estimate of drug-likeness (QED) is 0.742. The highest BCUT2D eigenvalue weighted by Gasteiger charge is 2.31. The molecular weight excluding hydrogens is 285 g/mol. The summed E-state index contributed by atoms with van der Waals surface area (Å²) in [6, 6.07) is 0.991. The second-order valence-electron chi connectivity index (χ2n) is 4.40. The molecular formula is C12H9F3N6. The molecule has 2 N–H and O–H groups in total. The topological polar surface area (TPSA) is 82.5 Å². The van der Waals surface area contributed by atoms with E-state index >= 15 is 0 Å². The smallest absolute Gasteiger partial charge is 0.368 e. The summed E-state index contributed by atoms with van der Waals surface area (Å²) < 4.78 is 39.7. The lowest BCUT2D eigenvalue weighted by atomic mass is 10.1. The summed E-state index contributed by atoms with van der Waals surface area (Å²) in [5.74, 6) is 0.0687. The Labute approximate surface area is 116 Å². The van der Waals surface area contributed by atoms with Gasteiger partial charge in [-0.1, -0.05) is 0 Å². The number of aromatic nitrogens is 5. The second-order valence-corrected chi connectivity index (χ2v) is 4.40. The summed E-state index contributed by atoms with van der Waals surface area (Å²) in [5.41, 5.74) is 5.66. The summed E-state index contributed by atoms with van der Waals surface area (Å²) >= 11 is 0. The number of hydrogen-bond donors (Lipinski definition) is 1. The van der Waals surface area contributed by atoms with Crippen LogP contribution in [0.25, 0.3) is 22.3 Å². The number of nitrogens with zero attached hydrogens (tertiary/aromatic N) is 5. The van der Waals surface area contributed by atoms with Gasteiger partial charge in [0.2, 0.25) is 5.95 Å². The molecule has 21 heavy (non-hydrogen) atoms. The lowest BCUT2D eigenvalue weighted by Gasteiger charge is -2.06. The van der Waals surface area contributed by atoms with Crippen LogP contribution < -0.4 is 5.73 Å². The van der Waals surface area contributed by atoms with Crippen LogP contribution in [0.5, 0.6) is 0 Å². The normalized spacial score (nSPS) is 12.0. The van der Waals surface area contributed by atoms with Gasteiger partial charge < -0.3 is 5.73 Å². The van der Waals surface area contributed by atoms with Gasteiger partial charge in [0, 0.05) is 31.2 Å². The van der Waals surface area contributed by atoms with Gasteiger partial charge in [0.25, 0.3) is 0 Å².